The van der Waals surface area contributed by atoms with Crippen molar-refractivity contribution < 1.29 is 28.5 Å². The maximum Gasteiger partial charge on any atom is 0.247 e. The summed E-state index contributed by atoms with van der Waals surface area (Å²) in [7, 11) is 3.21. The van der Waals surface area contributed by atoms with Crippen LogP contribution in [0, 0.1) is 0 Å². The number of morpholine rings is 1. The Hall–Kier alpha value is -2.87. The monoisotopic (exact) mass is 467 g/mol. The number of benzene rings is 2. The molecule has 2 fully saturated rings. The molecule has 4 rings (SSSR count). The molecular formula is C27H33NO6. The van der Waals surface area contributed by atoms with Gasteiger partial charge in [-0.25, -0.2) is 0 Å². The van der Waals surface area contributed by atoms with E-state index in [4.69, 9.17) is 23.7 Å². The number of carbonyl (C=O) groups is 1. The van der Waals surface area contributed by atoms with Crippen LogP contribution in [-0.4, -0.2) is 64.0 Å². The van der Waals surface area contributed by atoms with Crippen LogP contribution in [0.1, 0.15) is 42.7 Å². The fourth-order valence-electron chi connectivity index (χ4n) is 4.25. The van der Waals surface area contributed by atoms with Crippen LogP contribution in [0.2, 0.25) is 0 Å². The molecule has 0 spiro atoms. The molecule has 2 heterocycles. The summed E-state index contributed by atoms with van der Waals surface area (Å²) in [5.41, 5.74) is 3.55. The molecule has 34 heavy (non-hydrogen) atoms. The third kappa shape index (κ3) is 5.60. The van der Waals surface area contributed by atoms with Crippen molar-refractivity contribution >= 4 is 11.5 Å². The van der Waals surface area contributed by atoms with Crippen LogP contribution >= 0.6 is 0 Å². The number of nitrogens with zero attached hydrogens (tertiary/aromatic N) is 1. The smallest absolute Gasteiger partial charge is 0.247 e. The fraction of sp³-hybridized carbons (Fsp3) is 0.444. The van der Waals surface area contributed by atoms with Gasteiger partial charge < -0.3 is 28.6 Å². The van der Waals surface area contributed by atoms with Crippen molar-refractivity contribution in [3.05, 3.63) is 65.2 Å². The predicted octanol–water partition coefficient (Wildman–Crippen LogP) is 4.21. The van der Waals surface area contributed by atoms with Crippen molar-refractivity contribution in [1.82, 2.24) is 4.90 Å². The van der Waals surface area contributed by atoms with Gasteiger partial charge in [-0.1, -0.05) is 43.7 Å². The van der Waals surface area contributed by atoms with E-state index in [-0.39, 0.29) is 18.3 Å². The van der Waals surface area contributed by atoms with Crippen molar-refractivity contribution in [2.75, 3.05) is 47.1 Å². The first-order valence-corrected chi connectivity index (χ1v) is 11.8. The zero-order valence-corrected chi connectivity index (χ0v) is 20.1. The van der Waals surface area contributed by atoms with Crippen molar-refractivity contribution in [2.45, 2.75) is 32.2 Å². The van der Waals surface area contributed by atoms with Gasteiger partial charge in [0, 0.05) is 24.7 Å². The molecule has 2 aromatic carbocycles. The standard InChI is InChI=1S/C27H33NO6/c1-4-5-22-18-33-27(34-22)20-8-6-19(7-9-20)23(17-26(29)28-12-14-32-15-13-28)21-10-11-24(30-2)25(16-21)31-3/h6-11,16-17,22,27H,4-5,12-15,18H2,1-3H3/b23-17+. The van der Waals surface area contributed by atoms with E-state index >= 15 is 0 Å². The molecule has 1 amide bonds. The molecule has 0 saturated carbocycles. The number of methoxy groups -OCH3 is 2. The van der Waals surface area contributed by atoms with Crippen LogP contribution in [0.5, 0.6) is 11.5 Å². The Balaban J connectivity index is 1.64. The van der Waals surface area contributed by atoms with E-state index in [0.29, 0.717) is 44.4 Å². The predicted molar refractivity (Wildman–Crippen MR) is 129 cm³/mol. The summed E-state index contributed by atoms with van der Waals surface area (Å²) in [6, 6.07) is 13.7. The summed E-state index contributed by atoms with van der Waals surface area (Å²) in [5.74, 6) is 1.20. The Morgan fingerprint density at radius 2 is 1.74 bits per heavy atom. The van der Waals surface area contributed by atoms with Gasteiger partial charge >= 0.3 is 0 Å². The zero-order valence-electron chi connectivity index (χ0n) is 20.1. The average molecular weight is 468 g/mol. The second-order valence-electron chi connectivity index (χ2n) is 8.40. The Labute approximate surface area is 201 Å². The number of rotatable bonds is 8. The maximum absolute atomic E-state index is 13.1. The summed E-state index contributed by atoms with van der Waals surface area (Å²) < 4.78 is 28.2. The van der Waals surface area contributed by atoms with E-state index in [9.17, 15) is 4.79 Å². The lowest BCUT2D eigenvalue weighted by Gasteiger charge is -2.26. The number of ether oxygens (including phenoxy) is 5. The van der Waals surface area contributed by atoms with Crippen LogP contribution in [0.15, 0.2) is 48.5 Å². The van der Waals surface area contributed by atoms with E-state index in [1.54, 1.807) is 20.3 Å². The third-order valence-corrected chi connectivity index (χ3v) is 6.14. The lowest BCUT2D eigenvalue weighted by molar-refractivity contribution is -0.129. The molecule has 2 saturated heterocycles. The highest BCUT2D eigenvalue weighted by Gasteiger charge is 2.26. The Morgan fingerprint density at radius 1 is 1.03 bits per heavy atom. The van der Waals surface area contributed by atoms with Crippen LogP contribution in [0.4, 0.5) is 0 Å². The van der Waals surface area contributed by atoms with Crippen LogP contribution in [0.25, 0.3) is 5.57 Å². The molecule has 2 atom stereocenters. The molecule has 0 N–H and O–H groups in total. The summed E-state index contributed by atoms with van der Waals surface area (Å²) in [4.78, 5) is 14.9. The van der Waals surface area contributed by atoms with Gasteiger partial charge in [-0.15, -0.1) is 0 Å². The minimum atomic E-state index is -0.353. The second-order valence-corrected chi connectivity index (χ2v) is 8.40. The van der Waals surface area contributed by atoms with Crippen LogP contribution in [-0.2, 0) is 19.0 Å². The van der Waals surface area contributed by atoms with Gasteiger partial charge in [0.1, 0.15) is 0 Å². The molecule has 2 aromatic rings. The van der Waals surface area contributed by atoms with E-state index in [0.717, 1.165) is 35.1 Å². The Kier molecular flexibility index (Phi) is 8.21. The van der Waals surface area contributed by atoms with Gasteiger partial charge in [0.15, 0.2) is 17.8 Å². The molecule has 2 unspecified atom stereocenters. The molecular weight excluding hydrogens is 434 g/mol. The van der Waals surface area contributed by atoms with Crippen LogP contribution in [0.3, 0.4) is 0 Å². The van der Waals surface area contributed by atoms with Crippen molar-refractivity contribution in [1.29, 1.82) is 0 Å². The SMILES string of the molecule is CCCC1COC(c2ccc(/C(=C\C(=O)N3CCOCC3)c3ccc(OC)c(OC)c3)cc2)O1. The van der Waals surface area contributed by atoms with E-state index in [1.807, 2.05) is 47.4 Å². The summed E-state index contributed by atoms with van der Waals surface area (Å²) >= 11 is 0. The molecule has 182 valence electrons. The van der Waals surface area contributed by atoms with Crippen LogP contribution < -0.4 is 9.47 Å². The third-order valence-electron chi connectivity index (χ3n) is 6.14. The lowest BCUT2D eigenvalue weighted by Crippen LogP contribution is -2.39. The quantitative estimate of drug-likeness (QED) is 0.542. The van der Waals surface area contributed by atoms with E-state index in [1.165, 1.54) is 0 Å². The maximum atomic E-state index is 13.1. The van der Waals surface area contributed by atoms with E-state index in [2.05, 4.69) is 6.92 Å². The van der Waals surface area contributed by atoms with Gasteiger partial charge in [-0.2, -0.15) is 0 Å². The first-order chi connectivity index (χ1) is 16.6. The summed E-state index contributed by atoms with van der Waals surface area (Å²) in [6.07, 6.45) is 3.54. The average Bonchev–Trinajstić information content (AvgIpc) is 3.36. The number of carbonyl (C=O) groups excluding carboxylic acids is 1. The van der Waals surface area contributed by atoms with Crippen molar-refractivity contribution in [2.24, 2.45) is 0 Å². The largest absolute Gasteiger partial charge is 0.493 e. The van der Waals surface area contributed by atoms with Crippen molar-refractivity contribution in [3.8, 4) is 11.5 Å². The van der Waals surface area contributed by atoms with Gasteiger partial charge in [0.2, 0.25) is 5.91 Å². The summed E-state index contributed by atoms with van der Waals surface area (Å²) in [5, 5.41) is 0. The zero-order chi connectivity index (χ0) is 23.9. The molecule has 7 nitrogen and oxygen atoms in total. The van der Waals surface area contributed by atoms with Gasteiger partial charge in [0.25, 0.3) is 0 Å². The number of hydrogen-bond acceptors (Lipinski definition) is 6. The highest BCUT2D eigenvalue weighted by Crippen LogP contribution is 2.34. The van der Waals surface area contributed by atoms with Gasteiger partial charge in [0.05, 0.1) is 40.1 Å². The lowest BCUT2D eigenvalue weighted by atomic mass is 9.95. The Bertz CT molecular complexity index is 997. The minimum absolute atomic E-state index is 0.0398. The topological polar surface area (TPSA) is 66.5 Å². The molecule has 2 aliphatic rings. The summed E-state index contributed by atoms with van der Waals surface area (Å²) in [6.45, 7) is 5.04. The van der Waals surface area contributed by atoms with Gasteiger partial charge in [-0.05, 0) is 35.3 Å². The Morgan fingerprint density at radius 3 is 2.41 bits per heavy atom. The highest BCUT2D eigenvalue weighted by atomic mass is 16.7. The molecule has 0 bridgehead atoms. The number of amides is 1. The highest BCUT2D eigenvalue weighted by molar-refractivity contribution is 5.99. The minimum Gasteiger partial charge on any atom is -0.493 e. The molecule has 0 aromatic heterocycles. The molecule has 0 radical (unpaired) electrons. The fourth-order valence-corrected chi connectivity index (χ4v) is 4.25. The van der Waals surface area contributed by atoms with Crippen molar-refractivity contribution in [3.63, 3.8) is 0 Å². The number of hydrogen-bond donors (Lipinski definition) is 0. The van der Waals surface area contributed by atoms with E-state index < -0.39 is 0 Å². The molecule has 0 aliphatic carbocycles. The van der Waals surface area contributed by atoms with Gasteiger partial charge in [-0.3, -0.25) is 4.79 Å². The molecule has 7 heteroatoms. The first-order valence-electron chi connectivity index (χ1n) is 11.8. The second kappa shape index (κ2) is 11.5. The normalized spacial score (nSPS) is 20.9. The molecule has 2 aliphatic heterocycles. The first kappa shape index (κ1) is 24.3.